The zero-order valence-electron chi connectivity index (χ0n) is 9.54. The minimum Gasteiger partial charge on any atom is -0.462 e. The maximum absolute atomic E-state index is 11.5. The molecule has 0 fully saturated rings. The van der Waals surface area contributed by atoms with Crippen LogP contribution in [0.3, 0.4) is 0 Å². The monoisotopic (exact) mass is 207 g/mol. The number of pyridine rings is 1. The van der Waals surface area contributed by atoms with E-state index in [2.05, 4.69) is 11.9 Å². The molecular formula is C12H17NO2. The third-order valence-electron chi connectivity index (χ3n) is 2.14. The van der Waals surface area contributed by atoms with Gasteiger partial charge in [0.15, 0.2) is 0 Å². The van der Waals surface area contributed by atoms with Crippen molar-refractivity contribution in [2.24, 2.45) is 0 Å². The molecule has 0 aliphatic heterocycles. The number of aromatic nitrogens is 1. The van der Waals surface area contributed by atoms with Crippen LogP contribution in [0, 0.1) is 6.92 Å². The van der Waals surface area contributed by atoms with Crippen LogP contribution in [-0.2, 0) is 11.2 Å². The van der Waals surface area contributed by atoms with Crippen molar-refractivity contribution in [1.29, 1.82) is 0 Å². The number of aryl methyl sites for hydroxylation is 2. The molecule has 0 aromatic carbocycles. The van der Waals surface area contributed by atoms with Gasteiger partial charge in [0.05, 0.1) is 17.9 Å². The molecule has 1 heterocycles. The summed E-state index contributed by atoms with van der Waals surface area (Å²) < 4.78 is 4.93. The van der Waals surface area contributed by atoms with Crippen LogP contribution in [0.4, 0.5) is 0 Å². The van der Waals surface area contributed by atoms with Crippen molar-refractivity contribution >= 4 is 5.97 Å². The van der Waals surface area contributed by atoms with E-state index < -0.39 is 0 Å². The molecule has 0 saturated heterocycles. The molecule has 82 valence electrons. The summed E-state index contributed by atoms with van der Waals surface area (Å²) in [5, 5.41) is 0. The normalized spacial score (nSPS) is 10.1. The summed E-state index contributed by atoms with van der Waals surface area (Å²) in [6.45, 7) is 6.14. The standard InChI is InChI=1S/C12H17NO2/c1-4-6-10-7-8-11(9(3)13-10)12(14)15-5-2/h7-8H,4-6H2,1-3H3. The second-order valence-corrected chi connectivity index (χ2v) is 3.41. The maximum Gasteiger partial charge on any atom is 0.339 e. The van der Waals surface area contributed by atoms with Crippen LogP contribution in [0.5, 0.6) is 0 Å². The summed E-state index contributed by atoms with van der Waals surface area (Å²) >= 11 is 0. The van der Waals surface area contributed by atoms with Gasteiger partial charge in [-0.1, -0.05) is 13.3 Å². The van der Waals surface area contributed by atoms with E-state index in [0.717, 1.165) is 24.2 Å². The lowest BCUT2D eigenvalue weighted by molar-refractivity contribution is 0.0525. The Morgan fingerprint density at radius 2 is 2.13 bits per heavy atom. The second-order valence-electron chi connectivity index (χ2n) is 3.41. The Morgan fingerprint density at radius 1 is 1.40 bits per heavy atom. The van der Waals surface area contributed by atoms with E-state index >= 15 is 0 Å². The van der Waals surface area contributed by atoms with Gasteiger partial charge in [-0.15, -0.1) is 0 Å². The van der Waals surface area contributed by atoms with E-state index in [0.29, 0.717) is 12.2 Å². The summed E-state index contributed by atoms with van der Waals surface area (Å²) in [5.41, 5.74) is 2.35. The number of ether oxygens (including phenoxy) is 1. The van der Waals surface area contributed by atoms with Crippen molar-refractivity contribution in [1.82, 2.24) is 4.98 Å². The lowest BCUT2D eigenvalue weighted by atomic mass is 10.1. The SMILES string of the molecule is CCCc1ccc(C(=O)OCC)c(C)n1. The van der Waals surface area contributed by atoms with Gasteiger partial charge in [-0.05, 0) is 32.4 Å². The van der Waals surface area contributed by atoms with E-state index in [-0.39, 0.29) is 5.97 Å². The molecule has 1 aromatic heterocycles. The Morgan fingerprint density at radius 3 is 2.67 bits per heavy atom. The summed E-state index contributed by atoms with van der Waals surface area (Å²) in [7, 11) is 0. The minimum absolute atomic E-state index is 0.287. The number of nitrogens with zero attached hydrogens (tertiary/aromatic N) is 1. The van der Waals surface area contributed by atoms with Crippen molar-refractivity contribution in [3.63, 3.8) is 0 Å². The number of hydrogen-bond acceptors (Lipinski definition) is 3. The number of carbonyl (C=O) groups is 1. The molecule has 0 bridgehead atoms. The highest BCUT2D eigenvalue weighted by atomic mass is 16.5. The predicted octanol–water partition coefficient (Wildman–Crippen LogP) is 2.52. The van der Waals surface area contributed by atoms with E-state index in [1.165, 1.54) is 0 Å². The molecule has 1 aromatic rings. The van der Waals surface area contributed by atoms with Crippen LogP contribution in [0.15, 0.2) is 12.1 Å². The molecule has 0 aliphatic carbocycles. The number of rotatable bonds is 4. The first-order chi connectivity index (χ1) is 7.19. The summed E-state index contributed by atoms with van der Waals surface area (Å²) in [4.78, 5) is 15.8. The van der Waals surface area contributed by atoms with Gasteiger partial charge in [0.2, 0.25) is 0 Å². The number of carbonyl (C=O) groups excluding carboxylic acids is 1. The summed E-state index contributed by atoms with van der Waals surface area (Å²) in [6, 6.07) is 3.69. The Labute approximate surface area is 90.5 Å². The van der Waals surface area contributed by atoms with Gasteiger partial charge < -0.3 is 4.74 Å². The van der Waals surface area contributed by atoms with Crippen molar-refractivity contribution in [3.8, 4) is 0 Å². The van der Waals surface area contributed by atoms with Crippen LogP contribution in [0.1, 0.15) is 42.0 Å². The fourth-order valence-corrected chi connectivity index (χ4v) is 1.43. The van der Waals surface area contributed by atoms with Gasteiger partial charge in [0.25, 0.3) is 0 Å². The van der Waals surface area contributed by atoms with Crippen LogP contribution < -0.4 is 0 Å². The number of hydrogen-bond donors (Lipinski definition) is 0. The van der Waals surface area contributed by atoms with E-state index in [1.54, 1.807) is 13.0 Å². The second kappa shape index (κ2) is 5.49. The zero-order chi connectivity index (χ0) is 11.3. The van der Waals surface area contributed by atoms with Crippen LogP contribution >= 0.6 is 0 Å². The molecule has 0 N–H and O–H groups in total. The average Bonchev–Trinajstić information content (AvgIpc) is 2.18. The molecule has 1 rings (SSSR count). The molecule has 3 nitrogen and oxygen atoms in total. The lowest BCUT2D eigenvalue weighted by Crippen LogP contribution is -2.08. The highest BCUT2D eigenvalue weighted by Crippen LogP contribution is 2.09. The topological polar surface area (TPSA) is 39.2 Å². The van der Waals surface area contributed by atoms with Gasteiger partial charge in [-0.3, -0.25) is 4.98 Å². The van der Waals surface area contributed by atoms with E-state index in [1.807, 2.05) is 13.0 Å². The quantitative estimate of drug-likeness (QED) is 0.712. The fourth-order valence-electron chi connectivity index (χ4n) is 1.43. The molecule has 0 amide bonds. The maximum atomic E-state index is 11.5. The van der Waals surface area contributed by atoms with E-state index in [9.17, 15) is 4.79 Å². The molecule has 0 aliphatic rings. The third-order valence-corrected chi connectivity index (χ3v) is 2.14. The van der Waals surface area contributed by atoms with Crippen LogP contribution in [0.2, 0.25) is 0 Å². The molecule has 0 atom stereocenters. The Balaban J connectivity index is 2.87. The first-order valence-corrected chi connectivity index (χ1v) is 5.32. The van der Waals surface area contributed by atoms with Crippen LogP contribution in [-0.4, -0.2) is 17.6 Å². The summed E-state index contributed by atoms with van der Waals surface area (Å²) in [5.74, 6) is -0.287. The largest absolute Gasteiger partial charge is 0.462 e. The Kier molecular flexibility index (Phi) is 4.28. The highest BCUT2D eigenvalue weighted by molar-refractivity contribution is 5.90. The minimum atomic E-state index is -0.287. The first-order valence-electron chi connectivity index (χ1n) is 5.32. The van der Waals surface area contributed by atoms with Gasteiger partial charge in [-0.2, -0.15) is 0 Å². The Bertz CT molecular complexity index is 347. The smallest absolute Gasteiger partial charge is 0.339 e. The molecule has 3 heteroatoms. The molecule has 0 saturated carbocycles. The van der Waals surface area contributed by atoms with Crippen LogP contribution in [0.25, 0.3) is 0 Å². The molecular weight excluding hydrogens is 190 g/mol. The third kappa shape index (κ3) is 3.05. The predicted molar refractivity (Wildman–Crippen MR) is 58.9 cm³/mol. The van der Waals surface area contributed by atoms with Crippen molar-refractivity contribution < 1.29 is 9.53 Å². The van der Waals surface area contributed by atoms with Gasteiger partial charge >= 0.3 is 5.97 Å². The average molecular weight is 207 g/mol. The molecule has 0 spiro atoms. The zero-order valence-corrected chi connectivity index (χ0v) is 9.54. The first kappa shape index (κ1) is 11.7. The van der Waals surface area contributed by atoms with Crippen molar-refractivity contribution in [2.45, 2.75) is 33.6 Å². The lowest BCUT2D eigenvalue weighted by Gasteiger charge is -2.06. The van der Waals surface area contributed by atoms with Gasteiger partial charge in [-0.25, -0.2) is 4.79 Å². The van der Waals surface area contributed by atoms with Crippen molar-refractivity contribution in [2.75, 3.05) is 6.61 Å². The number of esters is 1. The van der Waals surface area contributed by atoms with Crippen molar-refractivity contribution in [3.05, 3.63) is 29.1 Å². The molecule has 0 radical (unpaired) electrons. The molecule has 15 heavy (non-hydrogen) atoms. The molecule has 0 unspecified atom stereocenters. The van der Waals surface area contributed by atoms with Gasteiger partial charge in [0.1, 0.15) is 0 Å². The fraction of sp³-hybridized carbons (Fsp3) is 0.500. The van der Waals surface area contributed by atoms with Gasteiger partial charge in [0, 0.05) is 5.69 Å². The Hall–Kier alpha value is -1.38. The summed E-state index contributed by atoms with van der Waals surface area (Å²) in [6.07, 6.45) is 2.01. The van der Waals surface area contributed by atoms with E-state index in [4.69, 9.17) is 4.74 Å². The highest BCUT2D eigenvalue weighted by Gasteiger charge is 2.10.